The highest BCUT2D eigenvalue weighted by Gasteiger charge is 2.37. The Balaban J connectivity index is 0.000000471. The van der Waals surface area contributed by atoms with E-state index in [9.17, 15) is 49.9 Å². The van der Waals surface area contributed by atoms with Gasteiger partial charge in [-0.3, -0.25) is 9.59 Å². The molecule has 1 amide bonds. The summed E-state index contributed by atoms with van der Waals surface area (Å²) in [5.41, 5.74) is 0.499. The Morgan fingerprint density at radius 2 is 1.51 bits per heavy atom. The molecule has 1 fully saturated rings. The van der Waals surface area contributed by atoms with E-state index < -0.39 is 60.5 Å². The number of hydrogen-bond donors (Lipinski definition) is 0. The van der Waals surface area contributed by atoms with Crippen molar-refractivity contribution in [1.82, 2.24) is 4.90 Å². The SMILES string of the molecule is CC1CCC(c2cccc(F)c2)N(C(=O)C(=O)OCC(F)(F)F)C1.O=C(Cl)C(=O)OCC(F)(F)F. The molecule has 35 heavy (non-hydrogen) atoms. The number of rotatable bonds is 4. The van der Waals surface area contributed by atoms with Gasteiger partial charge in [0.05, 0.1) is 6.04 Å². The molecular weight excluding hydrogens is 519 g/mol. The molecule has 0 bridgehead atoms. The van der Waals surface area contributed by atoms with Crippen molar-refractivity contribution in [1.29, 1.82) is 0 Å². The summed E-state index contributed by atoms with van der Waals surface area (Å²) in [7, 11) is 0. The minimum atomic E-state index is -4.70. The summed E-state index contributed by atoms with van der Waals surface area (Å²) in [6.07, 6.45) is -8.10. The van der Waals surface area contributed by atoms with Crippen LogP contribution in [0.2, 0.25) is 0 Å². The van der Waals surface area contributed by atoms with Gasteiger partial charge in [0.25, 0.3) is 0 Å². The second-order valence-electron chi connectivity index (χ2n) is 7.37. The van der Waals surface area contributed by atoms with Crippen LogP contribution in [0.3, 0.4) is 0 Å². The van der Waals surface area contributed by atoms with Crippen LogP contribution >= 0.6 is 11.6 Å². The second kappa shape index (κ2) is 12.7. The van der Waals surface area contributed by atoms with Crippen molar-refractivity contribution in [2.45, 2.75) is 38.2 Å². The molecule has 0 N–H and O–H groups in total. The lowest BCUT2D eigenvalue weighted by Gasteiger charge is -2.38. The fourth-order valence-corrected chi connectivity index (χ4v) is 3.02. The summed E-state index contributed by atoms with van der Waals surface area (Å²) in [5.74, 6) is -4.81. The van der Waals surface area contributed by atoms with E-state index in [-0.39, 0.29) is 12.5 Å². The molecule has 1 aliphatic rings. The summed E-state index contributed by atoms with van der Waals surface area (Å²) < 4.78 is 91.0. The van der Waals surface area contributed by atoms with E-state index in [1.807, 2.05) is 6.92 Å². The minimum Gasteiger partial charge on any atom is -0.449 e. The van der Waals surface area contributed by atoms with Crippen LogP contribution in [-0.4, -0.2) is 60.1 Å². The monoisotopic (exact) mass is 537 g/mol. The molecule has 196 valence electrons. The van der Waals surface area contributed by atoms with Gasteiger partial charge in [-0.15, -0.1) is 0 Å². The molecule has 0 aromatic heterocycles. The standard InChI is InChI=1S/C16H17F4NO3.C4H2ClF3O3/c1-10-5-6-13(11-3-2-4-12(17)7-11)21(8-10)14(22)15(23)24-9-16(18,19)20;5-2(9)3(10)11-1-4(6,7)8/h2-4,7,10,13H,5-6,8-9H2,1H3;1H2. The van der Waals surface area contributed by atoms with Gasteiger partial charge in [-0.2, -0.15) is 26.3 Å². The van der Waals surface area contributed by atoms with E-state index in [1.165, 1.54) is 23.1 Å². The van der Waals surface area contributed by atoms with Gasteiger partial charge < -0.3 is 14.4 Å². The average Bonchev–Trinajstić information content (AvgIpc) is 2.74. The number of carbonyl (C=O) groups excluding carboxylic acids is 4. The van der Waals surface area contributed by atoms with Crippen molar-refractivity contribution >= 4 is 34.7 Å². The Kier molecular flexibility index (Phi) is 10.9. The van der Waals surface area contributed by atoms with Crippen molar-refractivity contribution in [2.75, 3.05) is 19.8 Å². The molecule has 7 nitrogen and oxygen atoms in total. The lowest BCUT2D eigenvalue weighted by Crippen LogP contribution is -2.45. The maximum Gasteiger partial charge on any atom is 0.422 e. The van der Waals surface area contributed by atoms with Crippen LogP contribution in [0.5, 0.6) is 0 Å². The van der Waals surface area contributed by atoms with E-state index >= 15 is 0 Å². The fourth-order valence-electron chi connectivity index (χ4n) is 2.97. The number of piperidine rings is 1. The Morgan fingerprint density at radius 1 is 0.971 bits per heavy atom. The fraction of sp³-hybridized carbons (Fsp3) is 0.500. The zero-order valence-corrected chi connectivity index (χ0v) is 18.7. The zero-order chi connectivity index (χ0) is 27.0. The predicted molar refractivity (Wildman–Crippen MR) is 104 cm³/mol. The van der Waals surface area contributed by atoms with Crippen molar-refractivity contribution in [2.24, 2.45) is 5.92 Å². The third kappa shape index (κ3) is 11.4. The summed E-state index contributed by atoms with van der Waals surface area (Å²) in [4.78, 5) is 44.8. The average molecular weight is 538 g/mol. The maximum absolute atomic E-state index is 13.4. The van der Waals surface area contributed by atoms with Crippen LogP contribution in [0.4, 0.5) is 30.7 Å². The first-order valence-electron chi connectivity index (χ1n) is 9.73. The highest BCUT2D eigenvalue weighted by molar-refractivity contribution is 6.80. The number of alkyl halides is 6. The van der Waals surface area contributed by atoms with E-state index in [1.54, 1.807) is 6.07 Å². The molecule has 1 aromatic carbocycles. The van der Waals surface area contributed by atoms with Gasteiger partial charge in [-0.05, 0) is 48.1 Å². The number of ether oxygens (including phenoxy) is 2. The van der Waals surface area contributed by atoms with E-state index in [0.717, 1.165) is 6.42 Å². The first-order valence-corrected chi connectivity index (χ1v) is 10.1. The van der Waals surface area contributed by atoms with Gasteiger partial charge >= 0.3 is 35.4 Å². The Hall–Kier alpha value is -2.90. The highest BCUT2D eigenvalue weighted by Crippen LogP contribution is 2.33. The highest BCUT2D eigenvalue weighted by atomic mass is 35.5. The van der Waals surface area contributed by atoms with Gasteiger partial charge in [0.1, 0.15) is 5.82 Å². The molecule has 1 saturated heterocycles. The first kappa shape index (κ1) is 30.1. The molecule has 1 heterocycles. The van der Waals surface area contributed by atoms with E-state index in [4.69, 9.17) is 0 Å². The van der Waals surface area contributed by atoms with Crippen molar-refractivity contribution < 1.29 is 59.4 Å². The first-order chi connectivity index (χ1) is 16.0. The van der Waals surface area contributed by atoms with Gasteiger partial charge in [0.2, 0.25) is 0 Å². The third-order valence-electron chi connectivity index (χ3n) is 4.38. The molecule has 2 atom stereocenters. The largest absolute Gasteiger partial charge is 0.449 e. The number of nitrogens with zero attached hydrogens (tertiary/aromatic N) is 1. The number of amides is 1. The van der Waals surface area contributed by atoms with Crippen molar-refractivity contribution in [3.05, 3.63) is 35.6 Å². The number of benzene rings is 1. The summed E-state index contributed by atoms with van der Waals surface area (Å²) in [6.45, 7) is -1.56. The quantitative estimate of drug-likeness (QED) is 0.249. The summed E-state index contributed by atoms with van der Waals surface area (Å²) in [6, 6.07) is 5.03. The van der Waals surface area contributed by atoms with Crippen LogP contribution in [0.1, 0.15) is 31.4 Å². The Labute approximate surface area is 199 Å². The minimum absolute atomic E-state index is 0.0779. The smallest absolute Gasteiger partial charge is 0.422 e. The van der Waals surface area contributed by atoms with Crippen LogP contribution in [0.15, 0.2) is 24.3 Å². The number of hydrogen-bond acceptors (Lipinski definition) is 6. The van der Waals surface area contributed by atoms with Gasteiger partial charge in [-0.25, -0.2) is 14.0 Å². The number of likely N-dealkylation sites (tertiary alicyclic amines) is 1. The van der Waals surface area contributed by atoms with Crippen LogP contribution in [0.25, 0.3) is 0 Å². The number of halogens is 8. The second-order valence-corrected chi connectivity index (χ2v) is 7.71. The lowest BCUT2D eigenvalue weighted by atomic mass is 9.90. The molecule has 0 saturated carbocycles. The molecule has 0 radical (unpaired) electrons. The Morgan fingerprint density at radius 3 is 2.00 bits per heavy atom. The maximum atomic E-state index is 13.4. The normalized spacial score (nSPS) is 18.1. The van der Waals surface area contributed by atoms with Crippen molar-refractivity contribution in [3.63, 3.8) is 0 Å². The molecule has 0 aliphatic carbocycles. The predicted octanol–water partition coefficient (Wildman–Crippen LogP) is 4.09. The molecule has 2 rings (SSSR count). The number of carbonyl (C=O) groups is 4. The molecular formula is C20H19ClF7NO6. The van der Waals surface area contributed by atoms with Crippen LogP contribution in [0, 0.1) is 11.7 Å². The van der Waals surface area contributed by atoms with Gasteiger partial charge in [0, 0.05) is 6.54 Å². The third-order valence-corrected chi connectivity index (χ3v) is 4.54. The Bertz CT molecular complexity index is 922. The van der Waals surface area contributed by atoms with Crippen LogP contribution < -0.4 is 0 Å². The number of esters is 2. The molecule has 1 aromatic rings. The van der Waals surface area contributed by atoms with E-state index in [2.05, 4.69) is 21.1 Å². The van der Waals surface area contributed by atoms with Gasteiger partial charge in [-0.1, -0.05) is 19.1 Å². The topological polar surface area (TPSA) is 90.0 Å². The molecule has 15 heteroatoms. The molecule has 1 aliphatic heterocycles. The molecule has 0 spiro atoms. The lowest BCUT2D eigenvalue weighted by molar-refractivity contribution is -0.190. The van der Waals surface area contributed by atoms with Crippen molar-refractivity contribution in [3.8, 4) is 0 Å². The van der Waals surface area contributed by atoms with Crippen LogP contribution in [-0.2, 0) is 28.7 Å². The summed E-state index contributed by atoms with van der Waals surface area (Å²) in [5, 5.41) is -1.57. The zero-order valence-electron chi connectivity index (χ0n) is 17.9. The summed E-state index contributed by atoms with van der Waals surface area (Å²) >= 11 is 4.48. The van der Waals surface area contributed by atoms with Gasteiger partial charge in [0.15, 0.2) is 13.2 Å². The molecule has 2 unspecified atom stereocenters. The van der Waals surface area contributed by atoms with E-state index in [0.29, 0.717) is 12.0 Å².